The summed E-state index contributed by atoms with van der Waals surface area (Å²) < 4.78 is 31.5. The number of anilines is 1. The van der Waals surface area contributed by atoms with E-state index in [1.165, 1.54) is 17.9 Å². The number of ether oxygens (including phenoxy) is 1. The maximum Gasteiger partial charge on any atom is 0.307 e. The van der Waals surface area contributed by atoms with Gasteiger partial charge in [0.1, 0.15) is 4.21 Å². The van der Waals surface area contributed by atoms with Crippen molar-refractivity contribution < 1.29 is 22.7 Å². The van der Waals surface area contributed by atoms with Crippen LogP contribution in [0.15, 0.2) is 52.1 Å². The number of sulfonamides is 1. The van der Waals surface area contributed by atoms with Crippen LogP contribution in [0, 0.1) is 0 Å². The summed E-state index contributed by atoms with van der Waals surface area (Å²) in [5, 5.41) is 1.65. The fraction of sp³-hybridized carbons (Fsp3) is 0.294. The van der Waals surface area contributed by atoms with Crippen molar-refractivity contribution in [2.45, 2.75) is 23.7 Å². The van der Waals surface area contributed by atoms with Crippen molar-refractivity contribution in [3.63, 3.8) is 0 Å². The Bertz CT molecular complexity index is 835. The molecule has 1 unspecified atom stereocenters. The van der Waals surface area contributed by atoms with Crippen molar-refractivity contribution in [1.29, 1.82) is 0 Å². The molecule has 0 aliphatic rings. The normalized spacial score (nSPS) is 12.4. The van der Waals surface area contributed by atoms with Gasteiger partial charge in [0.2, 0.25) is 10.0 Å². The monoisotopic (exact) mass is 396 g/mol. The Kier molecular flexibility index (Phi) is 6.90. The fourth-order valence-electron chi connectivity index (χ4n) is 2.13. The molecule has 140 valence electrons. The predicted octanol–water partition coefficient (Wildman–Crippen LogP) is 2.01. The van der Waals surface area contributed by atoms with Gasteiger partial charge in [-0.3, -0.25) is 9.59 Å². The van der Waals surface area contributed by atoms with Crippen LogP contribution in [-0.2, 0) is 24.3 Å². The number of para-hydroxylation sites is 1. The number of hydrogen-bond donors (Lipinski definition) is 1. The summed E-state index contributed by atoms with van der Waals surface area (Å²) in [4.78, 5) is 25.6. The molecule has 0 spiro atoms. The van der Waals surface area contributed by atoms with E-state index in [-0.39, 0.29) is 23.1 Å². The largest absolute Gasteiger partial charge is 0.452 e. The number of amides is 1. The molecule has 1 heterocycles. The lowest BCUT2D eigenvalue weighted by Crippen LogP contribution is -2.38. The van der Waals surface area contributed by atoms with Gasteiger partial charge in [-0.2, -0.15) is 0 Å². The van der Waals surface area contributed by atoms with Crippen molar-refractivity contribution in [3.05, 3.63) is 47.8 Å². The van der Waals surface area contributed by atoms with Crippen LogP contribution < -0.4 is 9.62 Å². The van der Waals surface area contributed by atoms with E-state index in [1.807, 2.05) is 6.07 Å². The Morgan fingerprint density at radius 2 is 1.88 bits per heavy atom. The zero-order valence-electron chi connectivity index (χ0n) is 14.4. The Balaban J connectivity index is 1.81. The van der Waals surface area contributed by atoms with E-state index in [0.29, 0.717) is 5.69 Å². The van der Waals surface area contributed by atoms with E-state index in [9.17, 15) is 18.0 Å². The lowest BCUT2D eigenvalue weighted by atomic mass is 10.2. The highest BCUT2D eigenvalue weighted by Gasteiger charge is 2.22. The SMILES string of the molecule is CC(OC(=O)CCNS(=O)(=O)c1cccs1)C(=O)N(C)c1ccccc1. The van der Waals surface area contributed by atoms with Gasteiger partial charge in [0.05, 0.1) is 6.42 Å². The molecular formula is C17H20N2O5S2. The molecule has 0 aliphatic heterocycles. The summed E-state index contributed by atoms with van der Waals surface area (Å²) in [6.45, 7) is 1.38. The van der Waals surface area contributed by atoms with Gasteiger partial charge in [-0.1, -0.05) is 24.3 Å². The van der Waals surface area contributed by atoms with Crippen LogP contribution in [0.2, 0.25) is 0 Å². The molecule has 2 rings (SSSR count). The number of thiophene rings is 1. The maximum atomic E-state index is 12.3. The molecule has 0 saturated carbocycles. The third-order valence-corrected chi connectivity index (χ3v) is 6.37. The molecule has 0 aliphatic carbocycles. The highest BCUT2D eigenvalue weighted by Crippen LogP contribution is 2.15. The molecule has 26 heavy (non-hydrogen) atoms. The number of nitrogens with zero attached hydrogens (tertiary/aromatic N) is 1. The number of hydrogen-bond acceptors (Lipinski definition) is 6. The summed E-state index contributed by atoms with van der Waals surface area (Å²) in [5.41, 5.74) is 0.684. The van der Waals surface area contributed by atoms with Crippen LogP contribution >= 0.6 is 11.3 Å². The first kappa shape index (κ1) is 20.1. The van der Waals surface area contributed by atoms with Gasteiger partial charge in [-0.05, 0) is 30.5 Å². The van der Waals surface area contributed by atoms with Crippen LogP contribution in [-0.4, -0.2) is 40.0 Å². The number of esters is 1. The molecule has 9 heteroatoms. The molecule has 0 radical (unpaired) electrons. The van der Waals surface area contributed by atoms with Gasteiger partial charge in [0.25, 0.3) is 5.91 Å². The highest BCUT2D eigenvalue weighted by atomic mass is 32.2. The van der Waals surface area contributed by atoms with Gasteiger partial charge in [-0.15, -0.1) is 11.3 Å². The third kappa shape index (κ3) is 5.38. The molecule has 0 fully saturated rings. The number of benzene rings is 1. The smallest absolute Gasteiger partial charge is 0.307 e. The summed E-state index contributed by atoms with van der Waals surface area (Å²) in [6, 6.07) is 12.1. The first-order valence-electron chi connectivity index (χ1n) is 7.86. The molecule has 1 aromatic heterocycles. The fourth-order valence-corrected chi connectivity index (χ4v) is 4.20. The Morgan fingerprint density at radius 1 is 1.19 bits per heavy atom. The van der Waals surface area contributed by atoms with Gasteiger partial charge < -0.3 is 9.64 Å². The van der Waals surface area contributed by atoms with Crippen molar-refractivity contribution >= 4 is 38.9 Å². The third-order valence-electron chi connectivity index (χ3n) is 3.51. The van der Waals surface area contributed by atoms with Crippen LogP contribution in [0.1, 0.15) is 13.3 Å². The predicted molar refractivity (Wildman–Crippen MR) is 99.5 cm³/mol. The van der Waals surface area contributed by atoms with Gasteiger partial charge in [0.15, 0.2) is 6.10 Å². The minimum absolute atomic E-state index is 0.103. The van der Waals surface area contributed by atoms with Crippen LogP contribution in [0.5, 0.6) is 0 Å². The molecule has 7 nitrogen and oxygen atoms in total. The van der Waals surface area contributed by atoms with E-state index < -0.39 is 22.1 Å². The number of likely N-dealkylation sites (N-methyl/N-ethyl adjacent to an activating group) is 1. The standard InChI is InChI=1S/C17H20N2O5S2/c1-13(17(21)19(2)14-7-4-3-5-8-14)24-15(20)10-11-18-26(22,23)16-9-6-12-25-16/h3-9,12-13,18H,10-11H2,1-2H3. The van der Waals surface area contributed by atoms with Crippen LogP contribution in [0.3, 0.4) is 0 Å². The molecular weight excluding hydrogens is 376 g/mol. The van der Waals surface area contributed by atoms with Gasteiger partial charge in [-0.25, -0.2) is 13.1 Å². The number of carbonyl (C=O) groups is 2. The molecule has 0 saturated heterocycles. The van der Waals surface area contributed by atoms with Crippen LogP contribution in [0.4, 0.5) is 5.69 Å². The minimum Gasteiger partial charge on any atom is -0.452 e. The quantitative estimate of drug-likeness (QED) is 0.689. The molecule has 2 aromatic rings. The second kappa shape index (κ2) is 8.93. The molecule has 0 bridgehead atoms. The van der Waals surface area contributed by atoms with E-state index in [2.05, 4.69) is 4.72 Å². The summed E-state index contributed by atoms with van der Waals surface area (Å²) >= 11 is 1.09. The van der Waals surface area contributed by atoms with Crippen molar-refractivity contribution in [2.24, 2.45) is 0 Å². The Hall–Kier alpha value is -2.23. The molecule has 1 aromatic carbocycles. The zero-order chi connectivity index (χ0) is 19.2. The Labute approximate surface area is 156 Å². The van der Waals surface area contributed by atoms with E-state index in [0.717, 1.165) is 11.3 Å². The highest BCUT2D eigenvalue weighted by molar-refractivity contribution is 7.91. The van der Waals surface area contributed by atoms with Gasteiger partial charge >= 0.3 is 5.97 Å². The lowest BCUT2D eigenvalue weighted by molar-refractivity contribution is -0.153. The molecule has 1 atom stereocenters. The Morgan fingerprint density at radius 3 is 2.50 bits per heavy atom. The summed E-state index contributed by atoms with van der Waals surface area (Å²) in [5.74, 6) is -1.02. The average molecular weight is 396 g/mol. The van der Waals surface area contributed by atoms with Crippen LogP contribution in [0.25, 0.3) is 0 Å². The van der Waals surface area contributed by atoms with Crippen molar-refractivity contribution in [2.75, 3.05) is 18.5 Å². The van der Waals surface area contributed by atoms with E-state index in [1.54, 1.807) is 42.8 Å². The second-order valence-electron chi connectivity index (χ2n) is 5.44. The number of carbonyl (C=O) groups excluding carboxylic acids is 2. The zero-order valence-corrected chi connectivity index (χ0v) is 16.0. The minimum atomic E-state index is -3.62. The topological polar surface area (TPSA) is 92.8 Å². The maximum absolute atomic E-state index is 12.3. The first-order valence-corrected chi connectivity index (χ1v) is 10.2. The molecule has 1 N–H and O–H groups in total. The molecule has 1 amide bonds. The van der Waals surface area contributed by atoms with E-state index >= 15 is 0 Å². The lowest BCUT2D eigenvalue weighted by Gasteiger charge is -2.21. The summed E-state index contributed by atoms with van der Waals surface area (Å²) in [6.07, 6.45) is -1.14. The first-order chi connectivity index (χ1) is 12.3. The van der Waals surface area contributed by atoms with Crippen molar-refractivity contribution in [3.8, 4) is 0 Å². The number of nitrogens with one attached hydrogen (secondary N) is 1. The average Bonchev–Trinajstić information content (AvgIpc) is 3.16. The second-order valence-corrected chi connectivity index (χ2v) is 8.39. The summed E-state index contributed by atoms with van der Waals surface area (Å²) in [7, 11) is -2.03. The van der Waals surface area contributed by atoms with Crippen molar-refractivity contribution in [1.82, 2.24) is 4.72 Å². The van der Waals surface area contributed by atoms with E-state index in [4.69, 9.17) is 4.74 Å². The number of rotatable bonds is 8. The van der Waals surface area contributed by atoms with Gasteiger partial charge in [0, 0.05) is 19.3 Å².